The van der Waals surface area contributed by atoms with Crippen LogP contribution in [0.25, 0.3) is 6.08 Å². The predicted octanol–water partition coefficient (Wildman–Crippen LogP) is 5.21. The maximum absolute atomic E-state index is 12.7. The van der Waals surface area contributed by atoms with Gasteiger partial charge in [0.15, 0.2) is 10.4 Å². The van der Waals surface area contributed by atoms with E-state index in [2.05, 4.69) is 42.5 Å². The van der Waals surface area contributed by atoms with Gasteiger partial charge in [-0.15, -0.1) is 0 Å². The van der Waals surface area contributed by atoms with Crippen LogP contribution >= 0.6 is 31.9 Å². The summed E-state index contributed by atoms with van der Waals surface area (Å²) in [6, 6.07) is 19.5. The summed E-state index contributed by atoms with van der Waals surface area (Å²) < 4.78 is 6.60. The molecule has 0 bridgehead atoms. The summed E-state index contributed by atoms with van der Waals surface area (Å²) in [6.45, 7) is 0. The molecule has 0 atom stereocenters. The number of nitrogens with one attached hydrogen (secondary N) is 2. The lowest BCUT2D eigenvalue weighted by atomic mass is 10.2. The second kappa shape index (κ2) is 8.83. The van der Waals surface area contributed by atoms with Gasteiger partial charge in [-0.1, -0.05) is 46.3 Å². The lowest BCUT2D eigenvalue weighted by Gasteiger charge is -2.10. The Morgan fingerprint density at radius 2 is 1.59 bits per heavy atom. The van der Waals surface area contributed by atoms with Gasteiger partial charge >= 0.3 is 0 Å². The lowest BCUT2D eigenvalue weighted by Crippen LogP contribution is -2.30. The van der Waals surface area contributed by atoms with Crippen LogP contribution in [-0.2, 0) is 4.79 Å². The van der Waals surface area contributed by atoms with E-state index in [-0.39, 0.29) is 11.5 Å². The standard InChI is InChI=1S/C20H14Br2N2O3/c21-14-8-6-13(7-9-14)12-16(19(25)23-15-4-2-1-3-5-15)24-20(26)17-10-11-18(22)27-17/h1-12H,(H,23,25)(H,24,26)/b16-12+. The Balaban J connectivity index is 1.86. The molecular formula is C20H14Br2N2O3. The van der Waals surface area contributed by atoms with Gasteiger partial charge in [-0.3, -0.25) is 9.59 Å². The van der Waals surface area contributed by atoms with Crippen molar-refractivity contribution in [2.45, 2.75) is 0 Å². The van der Waals surface area contributed by atoms with Crippen LogP contribution in [-0.4, -0.2) is 11.8 Å². The van der Waals surface area contributed by atoms with E-state index in [1.54, 1.807) is 24.3 Å². The number of anilines is 1. The van der Waals surface area contributed by atoms with Gasteiger partial charge in [0.05, 0.1) is 0 Å². The number of hydrogen-bond donors (Lipinski definition) is 2. The van der Waals surface area contributed by atoms with Crippen LogP contribution in [0, 0.1) is 0 Å². The summed E-state index contributed by atoms with van der Waals surface area (Å²) in [6.07, 6.45) is 1.60. The maximum atomic E-state index is 12.7. The van der Waals surface area contributed by atoms with E-state index in [0.717, 1.165) is 10.0 Å². The molecule has 0 radical (unpaired) electrons. The molecule has 3 rings (SSSR count). The minimum absolute atomic E-state index is 0.0936. The van der Waals surface area contributed by atoms with Crippen molar-refractivity contribution in [1.29, 1.82) is 0 Å². The van der Waals surface area contributed by atoms with E-state index >= 15 is 0 Å². The molecule has 0 saturated carbocycles. The smallest absolute Gasteiger partial charge is 0.291 e. The molecule has 1 aromatic heterocycles. The fourth-order valence-electron chi connectivity index (χ4n) is 2.22. The number of rotatable bonds is 5. The third kappa shape index (κ3) is 5.42. The first-order chi connectivity index (χ1) is 13.0. The van der Waals surface area contributed by atoms with Gasteiger partial charge in [-0.25, -0.2) is 0 Å². The fourth-order valence-corrected chi connectivity index (χ4v) is 2.80. The first-order valence-corrected chi connectivity index (χ1v) is 9.50. The van der Waals surface area contributed by atoms with E-state index in [4.69, 9.17) is 4.42 Å². The molecule has 0 saturated heterocycles. The monoisotopic (exact) mass is 488 g/mol. The normalized spacial score (nSPS) is 11.1. The Morgan fingerprint density at radius 3 is 2.22 bits per heavy atom. The quantitative estimate of drug-likeness (QED) is 0.483. The van der Waals surface area contributed by atoms with Gasteiger partial charge < -0.3 is 15.1 Å². The Kier molecular flexibility index (Phi) is 6.26. The number of halogens is 2. The second-order valence-corrected chi connectivity index (χ2v) is 7.18. The molecule has 2 aromatic carbocycles. The van der Waals surface area contributed by atoms with E-state index in [9.17, 15) is 9.59 Å². The molecular weight excluding hydrogens is 476 g/mol. The average Bonchev–Trinajstić information content (AvgIpc) is 3.10. The van der Waals surface area contributed by atoms with Crippen LogP contribution in [0.1, 0.15) is 16.1 Å². The predicted molar refractivity (Wildman–Crippen MR) is 111 cm³/mol. The van der Waals surface area contributed by atoms with Gasteiger partial charge in [0.2, 0.25) is 0 Å². The minimum atomic E-state index is -0.521. The van der Waals surface area contributed by atoms with Crippen LogP contribution in [0.3, 0.4) is 0 Å². The number of benzene rings is 2. The molecule has 5 nitrogen and oxygen atoms in total. The number of amides is 2. The highest BCUT2D eigenvalue weighted by molar-refractivity contribution is 9.10. The summed E-state index contributed by atoms with van der Waals surface area (Å²) in [7, 11) is 0. The van der Waals surface area contributed by atoms with Crippen molar-refractivity contribution in [3.63, 3.8) is 0 Å². The van der Waals surface area contributed by atoms with Crippen molar-refractivity contribution in [1.82, 2.24) is 5.32 Å². The molecule has 2 amide bonds. The zero-order valence-corrected chi connectivity index (χ0v) is 17.1. The zero-order chi connectivity index (χ0) is 19.2. The van der Waals surface area contributed by atoms with Gasteiger partial charge in [-0.05, 0) is 64.0 Å². The van der Waals surface area contributed by atoms with Crippen molar-refractivity contribution in [3.05, 3.63) is 92.9 Å². The molecule has 2 N–H and O–H groups in total. The zero-order valence-electron chi connectivity index (χ0n) is 13.9. The summed E-state index contributed by atoms with van der Waals surface area (Å²) in [5.74, 6) is -0.869. The van der Waals surface area contributed by atoms with Gasteiger partial charge in [0.25, 0.3) is 11.8 Å². The summed E-state index contributed by atoms with van der Waals surface area (Å²) in [4.78, 5) is 25.1. The van der Waals surface area contributed by atoms with E-state index < -0.39 is 11.8 Å². The molecule has 0 aliphatic rings. The van der Waals surface area contributed by atoms with Crippen LogP contribution in [0.5, 0.6) is 0 Å². The number of carbonyl (C=O) groups is 2. The average molecular weight is 490 g/mol. The Bertz CT molecular complexity index is 980. The topological polar surface area (TPSA) is 71.3 Å². The van der Waals surface area contributed by atoms with Crippen LogP contribution in [0.4, 0.5) is 5.69 Å². The van der Waals surface area contributed by atoms with Crippen LogP contribution in [0.2, 0.25) is 0 Å². The second-order valence-electron chi connectivity index (χ2n) is 5.49. The molecule has 0 spiro atoms. The summed E-state index contributed by atoms with van der Waals surface area (Å²) in [5, 5.41) is 5.38. The van der Waals surface area contributed by atoms with Crippen molar-refractivity contribution < 1.29 is 14.0 Å². The van der Waals surface area contributed by atoms with Crippen molar-refractivity contribution in [3.8, 4) is 0 Å². The third-order valence-corrected chi connectivity index (χ3v) is 4.46. The number of hydrogen-bond acceptors (Lipinski definition) is 3. The van der Waals surface area contributed by atoms with Crippen molar-refractivity contribution in [2.24, 2.45) is 0 Å². The SMILES string of the molecule is O=C(Nc1ccccc1)/C(=C\c1ccc(Br)cc1)NC(=O)c1ccc(Br)o1. The largest absolute Gasteiger partial charge is 0.444 e. The van der Waals surface area contributed by atoms with Gasteiger partial charge in [-0.2, -0.15) is 0 Å². The highest BCUT2D eigenvalue weighted by atomic mass is 79.9. The van der Waals surface area contributed by atoms with Crippen molar-refractivity contribution >= 4 is 55.4 Å². The molecule has 27 heavy (non-hydrogen) atoms. The highest BCUT2D eigenvalue weighted by Crippen LogP contribution is 2.16. The van der Waals surface area contributed by atoms with E-state index in [0.29, 0.717) is 10.4 Å². The van der Waals surface area contributed by atoms with Gasteiger partial charge in [0.1, 0.15) is 5.70 Å². The number of furan rings is 1. The summed E-state index contributed by atoms with van der Waals surface area (Å²) in [5.41, 5.74) is 1.48. The van der Waals surface area contributed by atoms with Crippen LogP contribution < -0.4 is 10.6 Å². The molecule has 0 aliphatic heterocycles. The number of carbonyl (C=O) groups excluding carboxylic acids is 2. The van der Waals surface area contributed by atoms with Crippen molar-refractivity contribution in [2.75, 3.05) is 5.32 Å². The third-order valence-electron chi connectivity index (χ3n) is 3.50. The Labute approximate surface area is 172 Å². The Morgan fingerprint density at radius 1 is 0.889 bits per heavy atom. The molecule has 136 valence electrons. The molecule has 1 heterocycles. The van der Waals surface area contributed by atoms with E-state index in [1.807, 2.05) is 42.5 Å². The lowest BCUT2D eigenvalue weighted by molar-refractivity contribution is -0.113. The molecule has 3 aromatic rings. The fraction of sp³-hybridized carbons (Fsp3) is 0. The summed E-state index contributed by atoms with van der Waals surface area (Å²) >= 11 is 6.53. The molecule has 7 heteroatoms. The first-order valence-electron chi connectivity index (χ1n) is 7.91. The molecule has 0 fully saturated rings. The first kappa shape index (κ1) is 19.1. The number of para-hydroxylation sites is 1. The van der Waals surface area contributed by atoms with Crippen LogP contribution in [0.15, 0.2) is 86.0 Å². The highest BCUT2D eigenvalue weighted by Gasteiger charge is 2.17. The Hall–Kier alpha value is -2.64. The minimum Gasteiger partial charge on any atom is -0.444 e. The van der Waals surface area contributed by atoms with E-state index in [1.165, 1.54) is 6.07 Å². The molecule has 0 aliphatic carbocycles. The molecule has 0 unspecified atom stereocenters. The van der Waals surface area contributed by atoms with Gasteiger partial charge in [0, 0.05) is 10.2 Å². The maximum Gasteiger partial charge on any atom is 0.291 e.